The quantitative estimate of drug-likeness (QED) is 0.472. The van der Waals surface area contributed by atoms with Crippen molar-refractivity contribution in [2.75, 3.05) is 29.9 Å². The number of hydrogen-bond acceptors (Lipinski definition) is 5. The number of amides is 4. The third-order valence-corrected chi connectivity index (χ3v) is 6.98. The number of carboxylic acids is 1. The van der Waals surface area contributed by atoms with Gasteiger partial charge >= 0.3 is 12.0 Å². The number of aliphatic imine (C=N–C) groups is 1. The maximum Gasteiger partial charge on any atom is 0.328 e. The van der Waals surface area contributed by atoms with Crippen LogP contribution in [-0.2, 0) is 14.4 Å². The van der Waals surface area contributed by atoms with E-state index in [2.05, 4.69) is 15.6 Å². The van der Waals surface area contributed by atoms with E-state index in [4.69, 9.17) is 0 Å². The van der Waals surface area contributed by atoms with Crippen molar-refractivity contribution in [3.05, 3.63) is 71.3 Å². The summed E-state index contributed by atoms with van der Waals surface area (Å²) < 4.78 is 0. The van der Waals surface area contributed by atoms with Crippen molar-refractivity contribution < 1.29 is 24.3 Å². The van der Waals surface area contributed by atoms with Crippen LogP contribution in [-0.4, -0.2) is 65.3 Å². The maximum absolute atomic E-state index is 14.0. The molecule has 1 fully saturated rings. The molecule has 3 N–H and O–H groups in total. The van der Waals surface area contributed by atoms with Gasteiger partial charge in [-0.25, -0.2) is 14.6 Å². The van der Waals surface area contributed by atoms with E-state index in [9.17, 15) is 24.3 Å². The summed E-state index contributed by atoms with van der Waals surface area (Å²) in [6.07, 6.45) is 5.92. The van der Waals surface area contributed by atoms with Gasteiger partial charge < -0.3 is 20.6 Å². The molecular formula is C30H35N5O5. The van der Waals surface area contributed by atoms with E-state index in [0.717, 1.165) is 43.7 Å². The van der Waals surface area contributed by atoms with Gasteiger partial charge in [0.2, 0.25) is 12.1 Å². The Hall–Kier alpha value is -4.47. The van der Waals surface area contributed by atoms with Gasteiger partial charge in [0.1, 0.15) is 6.54 Å². The number of carbonyl (C=O) groups is 4. The molecule has 10 nitrogen and oxygen atoms in total. The van der Waals surface area contributed by atoms with Crippen LogP contribution in [0.3, 0.4) is 0 Å². The van der Waals surface area contributed by atoms with Gasteiger partial charge in [-0.3, -0.25) is 14.5 Å². The molecule has 40 heavy (non-hydrogen) atoms. The van der Waals surface area contributed by atoms with Crippen LogP contribution in [0.5, 0.6) is 0 Å². The minimum absolute atomic E-state index is 0.183. The fraction of sp³-hybridized carbons (Fsp3) is 0.367. The Bertz CT molecular complexity index is 1340. The number of allylic oxidation sites excluding steroid dienone is 1. The van der Waals surface area contributed by atoms with Crippen LogP contribution in [0.4, 0.5) is 16.2 Å². The predicted octanol–water partition coefficient (Wildman–Crippen LogP) is 4.02. The first-order chi connectivity index (χ1) is 19.2. The lowest BCUT2D eigenvalue weighted by Gasteiger charge is -2.30. The van der Waals surface area contributed by atoms with Crippen molar-refractivity contribution >= 4 is 40.9 Å². The fourth-order valence-electron chi connectivity index (χ4n) is 5.03. The lowest BCUT2D eigenvalue weighted by Crippen LogP contribution is -2.52. The number of carboxylic acid groups (broad SMARTS) is 1. The van der Waals surface area contributed by atoms with Gasteiger partial charge in [0.15, 0.2) is 0 Å². The number of nitrogens with one attached hydrogen (secondary N) is 2. The molecule has 1 atom stereocenters. The number of likely N-dealkylation sites (tertiary alicyclic amines) is 1. The van der Waals surface area contributed by atoms with E-state index < -0.39 is 24.1 Å². The van der Waals surface area contributed by atoms with E-state index in [1.54, 1.807) is 35.2 Å². The van der Waals surface area contributed by atoms with Gasteiger partial charge in [-0.2, -0.15) is 0 Å². The van der Waals surface area contributed by atoms with Gasteiger partial charge in [-0.1, -0.05) is 49.6 Å². The summed E-state index contributed by atoms with van der Waals surface area (Å²) in [6.45, 7) is 4.75. The van der Waals surface area contributed by atoms with Crippen molar-refractivity contribution in [1.82, 2.24) is 10.2 Å². The number of benzene rings is 2. The first-order valence-electron chi connectivity index (χ1n) is 13.5. The second-order valence-corrected chi connectivity index (χ2v) is 10.1. The number of aryl methyl sites for hydroxylation is 2. The molecular weight excluding hydrogens is 510 g/mol. The SMILES string of the molecule is Cc1cccc(NC(=O)NC2N=C(C=CC(=O)O)c3cccc(C)c3N(CC(=O)N3CCCCCCC3)C2=O)c1. The number of urea groups is 1. The van der Waals surface area contributed by atoms with Crippen LogP contribution < -0.4 is 15.5 Å². The zero-order chi connectivity index (χ0) is 28.6. The molecule has 0 aliphatic carbocycles. The third kappa shape index (κ3) is 7.13. The molecule has 210 valence electrons. The second-order valence-electron chi connectivity index (χ2n) is 10.1. The molecule has 2 heterocycles. The lowest BCUT2D eigenvalue weighted by atomic mass is 10.0. The Morgan fingerprint density at radius 1 is 1.02 bits per heavy atom. The largest absolute Gasteiger partial charge is 0.478 e. The standard InChI is InChI=1S/C30H35N5O5/c1-20-10-8-12-22(18-20)31-30(40)33-28-29(39)35(19-25(36)34-16-6-4-3-5-7-17-34)27-21(2)11-9-13-23(27)24(32-28)14-15-26(37)38/h8-15,18,28H,3-7,16-17,19H2,1-2H3,(H,37,38)(H2,31,33,40). The summed E-state index contributed by atoms with van der Waals surface area (Å²) in [7, 11) is 0. The Morgan fingerprint density at radius 3 is 2.42 bits per heavy atom. The summed E-state index contributed by atoms with van der Waals surface area (Å²) in [5.74, 6) is -1.95. The van der Waals surface area contributed by atoms with Gasteiger partial charge in [0, 0.05) is 30.4 Å². The van der Waals surface area contributed by atoms with Crippen LogP contribution in [0.15, 0.2) is 59.6 Å². The summed E-state index contributed by atoms with van der Waals surface area (Å²) >= 11 is 0. The highest BCUT2D eigenvalue weighted by Crippen LogP contribution is 2.30. The fourth-order valence-corrected chi connectivity index (χ4v) is 5.03. The van der Waals surface area contributed by atoms with Crippen LogP contribution in [0.25, 0.3) is 0 Å². The highest BCUT2D eigenvalue weighted by atomic mass is 16.4. The number of hydrogen-bond donors (Lipinski definition) is 3. The zero-order valence-electron chi connectivity index (χ0n) is 22.9. The number of para-hydroxylation sites is 1. The maximum atomic E-state index is 14.0. The molecule has 0 aromatic heterocycles. The van der Waals surface area contributed by atoms with E-state index in [1.165, 1.54) is 11.0 Å². The molecule has 0 saturated carbocycles. The normalized spacial score (nSPS) is 17.8. The molecule has 4 rings (SSSR count). The number of fused-ring (bicyclic) bond motifs is 1. The van der Waals surface area contributed by atoms with Crippen LogP contribution in [0.1, 0.15) is 48.8 Å². The Morgan fingerprint density at radius 2 is 1.73 bits per heavy atom. The van der Waals surface area contributed by atoms with Crippen LogP contribution in [0.2, 0.25) is 0 Å². The molecule has 4 amide bonds. The van der Waals surface area contributed by atoms with Crippen molar-refractivity contribution in [3.63, 3.8) is 0 Å². The summed E-state index contributed by atoms with van der Waals surface area (Å²) in [5, 5.41) is 14.6. The molecule has 0 bridgehead atoms. The molecule has 1 unspecified atom stereocenters. The van der Waals surface area contributed by atoms with Crippen molar-refractivity contribution in [2.45, 2.75) is 52.1 Å². The van der Waals surface area contributed by atoms with Gasteiger partial charge in [0.05, 0.1) is 11.4 Å². The smallest absolute Gasteiger partial charge is 0.328 e. The van der Waals surface area contributed by atoms with E-state index in [0.29, 0.717) is 35.6 Å². The van der Waals surface area contributed by atoms with Crippen LogP contribution in [0, 0.1) is 13.8 Å². The number of anilines is 2. The molecule has 0 radical (unpaired) electrons. The Kier molecular flexibility index (Phi) is 9.31. The molecule has 2 aliphatic rings. The summed E-state index contributed by atoms with van der Waals surface area (Å²) in [6, 6.07) is 11.9. The molecule has 1 saturated heterocycles. The van der Waals surface area contributed by atoms with E-state index in [-0.39, 0.29) is 18.2 Å². The number of nitrogens with zero attached hydrogens (tertiary/aromatic N) is 3. The third-order valence-electron chi connectivity index (χ3n) is 6.98. The lowest BCUT2D eigenvalue weighted by molar-refractivity contribution is -0.132. The van der Waals surface area contributed by atoms with Gasteiger partial charge in [0.25, 0.3) is 5.91 Å². The predicted molar refractivity (Wildman–Crippen MR) is 154 cm³/mol. The minimum atomic E-state index is -1.40. The Balaban J connectivity index is 1.69. The number of carbonyl (C=O) groups excluding carboxylic acids is 3. The highest BCUT2D eigenvalue weighted by molar-refractivity contribution is 6.19. The van der Waals surface area contributed by atoms with Gasteiger partial charge in [-0.05, 0) is 56.0 Å². The minimum Gasteiger partial charge on any atom is -0.478 e. The summed E-state index contributed by atoms with van der Waals surface area (Å²) in [4.78, 5) is 59.5. The van der Waals surface area contributed by atoms with Crippen molar-refractivity contribution in [1.29, 1.82) is 0 Å². The first kappa shape index (κ1) is 28.5. The zero-order valence-corrected chi connectivity index (χ0v) is 22.9. The average Bonchev–Trinajstić information content (AvgIpc) is 2.98. The highest BCUT2D eigenvalue weighted by Gasteiger charge is 2.35. The topological polar surface area (TPSA) is 131 Å². The van der Waals surface area contributed by atoms with Crippen LogP contribution >= 0.6 is 0 Å². The summed E-state index contributed by atoms with van der Waals surface area (Å²) in [5.41, 5.74) is 3.36. The second kappa shape index (κ2) is 13.1. The average molecular weight is 546 g/mol. The van der Waals surface area contributed by atoms with Crippen molar-refractivity contribution in [2.24, 2.45) is 4.99 Å². The Labute approximate surface area is 233 Å². The number of rotatable bonds is 6. The molecule has 0 spiro atoms. The number of aliphatic carboxylic acids is 1. The first-order valence-corrected chi connectivity index (χ1v) is 13.5. The van der Waals surface area contributed by atoms with E-state index >= 15 is 0 Å². The van der Waals surface area contributed by atoms with Gasteiger partial charge in [-0.15, -0.1) is 0 Å². The van der Waals surface area contributed by atoms with Crippen molar-refractivity contribution in [3.8, 4) is 0 Å². The van der Waals surface area contributed by atoms with E-state index in [1.807, 2.05) is 26.0 Å². The molecule has 10 heteroatoms. The molecule has 2 aliphatic heterocycles. The number of benzodiazepines with no additional fused rings is 1. The monoisotopic (exact) mass is 545 g/mol. The molecule has 2 aromatic carbocycles. The molecule has 2 aromatic rings.